The number of hydrogen-bond donors (Lipinski definition) is 2. The minimum atomic E-state index is 0.493. The molecule has 0 radical (unpaired) electrons. The fourth-order valence-electron chi connectivity index (χ4n) is 3.00. The van der Waals surface area contributed by atoms with Crippen LogP contribution in [0.3, 0.4) is 0 Å². The number of hydrazine groups is 1. The van der Waals surface area contributed by atoms with Gasteiger partial charge in [0, 0.05) is 12.1 Å². The molecule has 1 saturated heterocycles. The zero-order chi connectivity index (χ0) is 9.31. The van der Waals surface area contributed by atoms with Gasteiger partial charge < -0.3 is 0 Å². The van der Waals surface area contributed by atoms with Gasteiger partial charge in [-0.1, -0.05) is 6.42 Å². The van der Waals surface area contributed by atoms with Crippen LogP contribution >= 0.6 is 0 Å². The van der Waals surface area contributed by atoms with Crippen molar-refractivity contribution in [3.63, 3.8) is 0 Å². The maximum atomic E-state index is 3.20. The van der Waals surface area contributed by atoms with Crippen molar-refractivity contribution in [2.45, 2.75) is 38.1 Å². The maximum absolute atomic E-state index is 3.20. The van der Waals surface area contributed by atoms with E-state index in [4.69, 9.17) is 0 Å². The molecule has 1 saturated carbocycles. The normalized spacial score (nSPS) is 39.7. The van der Waals surface area contributed by atoms with Gasteiger partial charge in [-0.2, -0.15) is 0 Å². The Kier molecular flexibility index (Phi) is 2.58. The summed E-state index contributed by atoms with van der Waals surface area (Å²) in [7, 11) is 1.94. The van der Waals surface area contributed by atoms with Crippen LogP contribution in [0.2, 0.25) is 0 Å². The molecule has 13 heavy (non-hydrogen) atoms. The van der Waals surface area contributed by atoms with Crippen LogP contribution in [-0.2, 0) is 0 Å². The fourth-order valence-corrected chi connectivity index (χ4v) is 3.00. The van der Waals surface area contributed by atoms with Gasteiger partial charge in [-0.25, -0.2) is 5.43 Å². The topological polar surface area (TPSA) is 27.3 Å². The van der Waals surface area contributed by atoms with Gasteiger partial charge in [0.05, 0.1) is 6.67 Å². The van der Waals surface area contributed by atoms with E-state index < -0.39 is 0 Å². The number of hydrogen-bond acceptors (Lipinski definition) is 3. The number of nitrogens with one attached hydrogen (secondary N) is 2. The van der Waals surface area contributed by atoms with E-state index in [0.29, 0.717) is 5.54 Å². The SMILES string of the molecule is CNNCN1CC2CCCC1(C)C2. The van der Waals surface area contributed by atoms with Crippen LogP contribution in [0, 0.1) is 5.92 Å². The van der Waals surface area contributed by atoms with E-state index >= 15 is 0 Å². The largest absolute Gasteiger partial charge is 0.284 e. The van der Waals surface area contributed by atoms with Crippen molar-refractivity contribution in [3.05, 3.63) is 0 Å². The molecule has 1 aliphatic carbocycles. The molecule has 2 bridgehead atoms. The summed E-state index contributed by atoms with van der Waals surface area (Å²) >= 11 is 0. The Labute approximate surface area is 80.8 Å². The summed E-state index contributed by atoms with van der Waals surface area (Å²) < 4.78 is 0. The molecule has 0 aromatic rings. The van der Waals surface area contributed by atoms with Gasteiger partial charge in [0.25, 0.3) is 0 Å². The van der Waals surface area contributed by atoms with Gasteiger partial charge in [0.1, 0.15) is 0 Å². The Bertz CT molecular complexity index is 183. The lowest BCUT2D eigenvalue weighted by atomic mass is 9.81. The average Bonchev–Trinajstić information content (AvgIpc) is 2.33. The van der Waals surface area contributed by atoms with Gasteiger partial charge >= 0.3 is 0 Å². The second kappa shape index (κ2) is 3.56. The van der Waals surface area contributed by atoms with Crippen molar-refractivity contribution in [2.24, 2.45) is 5.92 Å². The quantitative estimate of drug-likeness (QED) is 0.637. The molecule has 0 aromatic carbocycles. The highest BCUT2D eigenvalue weighted by molar-refractivity contribution is 4.98. The van der Waals surface area contributed by atoms with Crippen molar-refractivity contribution >= 4 is 0 Å². The van der Waals surface area contributed by atoms with Crippen LogP contribution in [0.5, 0.6) is 0 Å². The van der Waals surface area contributed by atoms with Crippen molar-refractivity contribution in [1.82, 2.24) is 15.8 Å². The van der Waals surface area contributed by atoms with E-state index in [1.807, 2.05) is 7.05 Å². The summed E-state index contributed by atoms with van der Waals surface area (Å²) in [6.07, 6.45) is 5.68. The molecule has 1 aliphatic heterocycles. The summed E-state index contributed by atoms with van der Waals surface area (Å²) in [6, 6.07) is 0. The molecule has 0 aromatic heterocycles. The van der Waals surface area contributed by atoms with E-state index in [1.54, 1.807) is 0 Å². The molecule has 2 atom stereocenters. The van der Waals surface area contributed by atoms with Crippen LogP contribution < -0.4 is 10.9 Å². The molecule has 0 spiro atoms. The van der Waals surface area contributed by atoms with Crippen LogP contribution in [0.15, 0.2) is 0 Å². The third-order valence-corrected chi connectivity index (χ3v) is 3.74. The van der Waals surface area contributed by atoms with Crippen LogP contribution in [-0.4, -0.2) is 30.7 Å². The Morgan fingerprint density at radius 2 is 2.38 bits per heavy atom. The molecule has 2 aliphatic rings. The second-order valence-electron chi connectivity index (χ2n) is 4.77. The summed E-state index contributed by atoms with van der Waals surface area (Å²) in [5.41, 5.74) is 6.70. The maximum Gasteiger partial charge on any atom is 0.0619 e. The number of rotatable bonds is 3. The summed E-state index contributed by atoms with van der Waals surface area (Å²) in [6.45, 7) is 4.71. The van der Waals surface area contributed by atoms with E-state index in [0.717, 1.165) is 12.6 Å². The molecule has 3 heteroatoms. The molecule has 1 heterocycles. The van der Waals surface area contributed by atoms with Gasteiger partial charge in [-0.15, -0.1) is 0 Å². The van der Waals surface area contributed by atoms with Crippen LogP contribution in [0.1, 0.15) is 32.6 Å². The highest BCUT2D eigenvalue weighted by atomic mass is 15.4. The third-order valence-electron chi connectivity index (χ3n) is 3.74. The molecular weight excluding hydrogens is 162 g/mol. The highest BCUT2D eigenvalue weighted by Gasteiger charge is 2.43. The Balaban J connectivity index is 1.96. The van der Waals surface area contributed by atoms with Gasteiger partial charge in [0.2, 0.25) is 0 Å². The highest BCUT2D eigenvalue weighted by Crippen LogP contribution is 2.42. The first kappa shape index (κ1) is 9.44. The lowest BCUT2D eigenvalue weighted by Crippen LogP contribution is -2.48. The number of likely N-dealkylation sites (tertiary alicyclic amines) is 1. The van der Waals surface area contributed by atoms with Gasteiger partial charge in [0.15, 0.2) is 0 Å². The first-order valence-electron chi connectivity index (χ1n) is 5.39. The van der Waals surface area contributed by atoms with Crippen molar-refractivity contribution in [1.29, 1.82) is 0 Å². The molecular formula is C10H21N3. The summed E-state index contributed by atoms with van der Waals surface area (Å²) in [4.78, 5) is 2.60. The fraction of sp³-hybridized carbons (Fsp3) is 1.00. The minimum absolute atomic E-state index is 0.493. The standard InChI is InChI=1S/C10H21N3/c1-10-5-3-4-9(6-10)7-13(10)8-12-11-2/h9,11-12H,3-8H2,1-2H3. The first-order valence-corrected chi connectivity index (χ1v) is 5.39. The monoisotopic (exact) mass is 183 g/mol. The van der Waals surface area contributed by atoms with Crippen LogP contribution in [0.4, 0.5) is 0 Å². The van der Waals surface area contributed by atoms with E-state index in [2.05, 4.69) is 22.7 Å². The van der Waals surface area contributed by atoms with Gasteiger partial charge in [-0.05, 0) is 39.2 Å². The van der Waals surface area contributed by atoms with E-state index in [1.165, 1.54) is 32.2 Å². The molecule has 2 rings (SSSR count). The predicted molar refractivity (Wildman–Crippen MR) is 54.1 cm³/mol. The molecule has 2 fully saturated rings. The van der Waals surface area contributed by atoms with Crippen molar-refractivity contribution in [2.75, 3.05) is 20.3 Å². The van der Waals surface area contributed by atoms with E-state index in [9.17, 15) is 0 Å². The molecule has 2 unspecified atom stereocenters. The Morgan fingerprint density at radius 1 is 1.54 bits per heavy atom. The predicted octanol–water partition coefficient (Wildman–Crippen LogP) is 0.932. The van der Waals surface area contributed by atoms with Crippen molar-refractivity contribution < 1.29 is 0 Å². The zero-order valence-electron chi connectivity index (χ0n) is 8.77. The smallest absolute Gasteiger partial charge is 0.0619 e. The summed E-state index contributed by atoms with van der Waals surface area (Å²) in [5, 5.41) is 0. The van der Waals surface area contributed by atoms with Gasteiger partial charge in [-0.3, -0.25) is 10.3 Å². The zero-order valence-corrected chi connectivity index (χ0v) is 8.77. The molecule has 3 nitrogen and oxygen atoms in total. The second-order valence-corrected chi connectivity index (χ2v) is 4.77. The number of fused-ring (bicyclic) bond motifs is 2. The molecule has 0 amide bonds. The average molecular weight is 183 g/mol. The molecule has 2 N–H and O–H groups in total. The Morgan fingerprint density at radius 3 is 3.08 bits per heavy atom. The van der Waals surface area contributed by atoms with Crippen LogP contribution in [0.25, 0.3) is 0 Å². The lowest BCUT2D eigenvalue weighted by molar-refractivity contribution is 0.126. The molecule has 76 valence electrons. The lowest BCUT2D eigenvalue weighted by Gasteiger charge is -2.36. The minimum Gasteiger partial charge on any atom is -0.284 e. The Hall–Kier alpha value is -0.120. The first-order chi connectivity index (χ1) is 6.24. The summed E-state index contributed by atoms with van der Waals surface area (Å²) in [5.74, 6) is 0.970. The van der Waals surface area contributed by atoms with E-state index in [-0.39, 0.29) is 0 Å². The third kappa shape index (κ3) is 1.73. The van der Waals surface area contributed by atoms with Crippen molar-refractivity contribution in [3.8, 4) is 0 Å². The number of nitrogens with zero attached hydrogens (tertiary/aromatic N) is 1.